The van der Waals surface area contributed by atoms with Crippen molar-refractivity contribution < 1.29 is 0 Å². The summed E-state index contributed by atoms with van der Waals surface area (Å²) >= 11 is 6.08. The van der Waals surface area contributed by atoms with Crippen LogP contribution in [0.3, 0.4) is 0 Å². The quantitative estimate of drug-likeness (QED) is 0.919. The third kappa shape index (κ3) is 3.17. The number of hydrogen-bond donors (Lipinski definition) is 1. The summed E-state index contributed by atoms with van der Waals surface area (Å²) in [5.74, 6) is 1.98. The SMILES string of the molecule is CC(C)CNc1ccnc(-c2ccncc2Cl)n1. The first kappa shape index (κ1) is 12.8. The average molecular weight is 263 g/mol. The van der Waals surface area contributed by atoms with Crippen LogP contribution in [0.2, 0.25) is 5.02 Å². The Bertz CT molecular complexity index is 528. The normalized spacial score (nSPS) is 10.7. The van der Waals surface area contributed by atoms with E-state index in [1.54, 1.807) is 18.6 Å². The summed E-state index contributed by atoms with van der Waals surface area (Å²) in [5, 5.41) is 3.82. The molecule has 2 aromatic heterocycles. The molecule has 0 aliphatic carbocycles. The number of nitrogens with one attached hydrogen (secondary N) is 1. The Kier molecular flexibility index (Phi) is 4.10. The number of aromatic nitrogens is 3. The van der Waals surface area contributed by atoms with Gasteiger partial charge >= 0.3 is 0 Å². The van der Waals surface area contributed by atoms with Crippen molar-refractivity contribution >= 4 is 17.4 Å². The maximum absolute atomic E-state index is 6.08. The molecule has 0 spiro atoms. The highest BCUT2D eigenvalue weighted by Gasteiger charge is 2.07. The van der Waals surface area contributed by atoms with Gasteiger partial charge in [0.1, 0.15) is 5.82 Å². The van der Waals surface area contributed by atoms with Crippen molar-refractivity contribution in [2.24, 2.45) is 5.92 Å². The molecule has 0 aliphatic heterocycles. The van der Waals surface area contributed by atoms with Crippen LogP contribution >= 0.6 is 11.6 Å². The predicted molar refractivity (Wildman–Crippen MR) is 73.6 cm³/mol. The maximum atomic E-state index is 6.08. The largest absolute Gasteiger partial charge is 0.370 e. The molecule has 5 heteroatoms. The minimum Gasteiger partial charge on any atom is -0.370 e. The van der Waals surface area contributed by atoms with Crippen molar-refractivity contribution in [3.63, 3.8) is 0 Å². The van der Waals surface area contributed by atoms with Crippen LogP contribution in [0, 0.1) is 5.92 Å². The summed E-state index contributed by atoms with van der Waals surface area (Å²) in [7, 11) is 0. The van der Waals surface area contributed by atoms with Gasteiger partial charge in [-0.2, -0.15) is 0 Å². The fraction of sp³-hybridized carbons (Fsp3) is 0.308. The van der Waals surface area contributed by atoms with Gasteiger partial charge in [0.05, 0.1) is 5.02 Å². The van der Waals surface area contributed by atoms with Crippen LogP contribution in [-0.4, -0.2) is 21.5 Å². The van der Waals surface area contributed by atoms with E-state index in [1.807, 2.05) is 12.1 Å². The Balaban J connectivity index is 2.25. The first-order chi connectivity index (χ1) is 8.66. The van der Waals surface area contributed by atoms with Crippen LogP contribution < -0.4 is 5.32 Å². The smallest absolute Gasteiger partial charge is 0.163 e. The fourth-order valence-electron chi connectivity index (χ4n) is 1.45. The average Bonchev–Trinajstić information content (AvgIpc) is 2.37. The summed E-state index contributed by atoms with van der Waals surface area (Å²) in [6, 6.07) is 3.66. The maximum Gasteiger partial charge on any atom is 0.163 e. The zero-order valence-corrected chi connectivity index (χ0v) is 11.1. The second kappa shape index (κ2) is 5.78. The van der Waals surface area contributed by atoms with E-state index in [1.165, 1.54) is 0 Å². The van der Waals surface area contributed by atoms with Gasteiger partial charge in [-0.15, -0.1) is 0 Å². The molecule has 1 N–H and O–H groups in total. The molecule has 0 unspecified atom stereocenters. The second-order valence-corrected chi connectivity index (χ2v) is 4.80. The van der Waals surface area contributed by atoms with Crippen molar-refractivity contribution in [3.8, 4) is 11.4 Å². The summed E-state index contributed by atoms with van der Waals surface area (Å²) < 4.78 is 0. The van der Waals surface area contributed by atoms with E-state index in [2.05, 4.69) is 34.1 Å². The molecule has 0 radical (unpaired) electrons. The molecule has 0 amide bonds. The highest BCUT2D eigenvalue weighted by atomic mass is 35.5. The van der Waals surface area contributed by atoms with Crippen molar-refractivity contribution in [3.05, 3.63) is 35.7 Å². The van der Waals surface area contributed by atoms with E-state index < -0.39 is 0 Å². The number of halogens is 1. The van der Waals surface area contributed by atoms with Crippen LogP contribution in [0.25, 0.3) is 11.4 Å². The monoisotopic (exact) mass is 262 g/mol. The topological polar surface area (TPSA) is 50.7 Å². The van der Waals surface area contributed by atoms with E-state index in [9.17, 15) is 0 Å². The molecular weight excluding hydrogens is 248 g/mol. The lowest BCUT2D eigenvalue weighted by molar-refractivity contribution is 0.687. The van der Waals surface area contributed by atoms with Crippen LogP contribution in [0.15, 0.2) is 30.7 Å². The van der Waals surface area contributed by atoms with Crippen molar-refractivity contribution in [1.82, 2.24) is 15.0 Å². The molecule has 0 saturated carbocycles. The number of anilines is 1. The van der Waals surface area contributed by atoms with E-state index in [0.717, 1.165) is 17.9 Å². The van der Waals surface area contributed by atoms with Crippen molar-refractivity contribution in [1.29, 1.82) is 0 Å². The van der Waals surface area contributed by atoms with E-state index in [-0.39, 0.29) is 0 Å². The Hall–Kier alpha value is -1.68. The highest BCUT2D eigenvalue weighted by Crippen LogP contribution is 2.23. The molecule has 0 bridgehead atoms. The summed E-state index contributed by atoms with van der Waals surface area (Å²) in [6.07, 6.45) is 5.00. The Morgan fingerprint density at radius 2 is 2.11 bits per heavy atom. The van der Waals surface area contributed by atoms with Gasteiger partial charge in [-0.3, -0.25) is 4.98 Å². The van der Waals surface area contributed by atoms with Crippen LogP contribution in [-0.2, 0) is 0 Å². The third-order valence-electron chi connectivity index (χ3n) is 2.36. The molecule has 2 heterocycles. The predicted octanol–water partition coefficient (Wildman–Crippen LogP) is 3.26. The molecule has 2 rings (SSSR count). The van der Waals surface area contributed by atoms with Crippen LogP contribution in [0.5, 0.6) is 0 Å². The van der Waals surface area contributed by atoms with Gasteiger partial charge < -0.3 is 5.32 Å². The molecule has 0 fully saturated rings. The molecule has 18 heavy (non-hydrogen) atoms. The number of hydrogen-bond acceptors (Lipinski definition) is 4. The molecule has 0 saturated heterocycles. The lowest BCUT2D eigenvalue weighted by Gasteiger charge is -2.09. The second-order valence-electron chi connectivity index (χ2n) is 4.40. The zero-order chi connectivity index (χ0) is 13.0. The lowest BCUT2D eigenvalue weighted by atomic mass is 10.2. The summed E-state index contributed by atoms with van der Waals surface area (Å²) in [4.78, 5) is 12.6. The van der Waals surface area contributed by atoms with E-state index >= 15 is 0 Å². The van der Waals surface area contributed by atoms with Gasteiger partial charge in [0.2, 0.25) is 0 Å². The van der Waals surface area contributed by atoms with Gasteiger partial charge in [-0.1, -0.05) is 25.4 Å². The standard InChI is InChI=1S/C13H15ClN4/c1-9(2)7-17-12-4-6-16-13(18-12)10-3-5-15-8-11(10)14/h3-6,8-9H,7H2,1-2H3,(H,16,17,18). The minimum atomic E-state index is 0.554. The summed E-state index contributed by atoms with van der Waals surface area (Å²) in [6.45, 7) is 5.17. The van der Waals surface area contributed by atoms with Crippen LogP contribution in [0.1, 0.15) is 13.8 Å². The van der Waals surface area contributed by atoms with Gasteiger partial charge in [0.25, 0.3) is 0 Å². The molecule has 0 aliphatic rings. The van der Waals surface area contributed by atoms with E-state index in [4.69, 9.17) is 11.6 Å². The molecular formula is C13H15ClN4. The Labute approximate surface area is 111 Å². The van der Waals surface area contributed by atoms with E-state index in [0.29, 0.717) is 16.8 Å². The Morgan fingerprint density at radius 1 is 1.28 bits per heavy atom. The van der Waals surface area contributed by atoms with Crippen LogP contribution in [0.4, 0.5) is 5.82 Å². The summed E-state index contributed by atoms with van der Waals surface area (Å²) in [5.41, 5.74) is 0.792. The lowest BCUT2D eigenvalue weighted by Crippen LogP contribution is -2.09. The fourth-order valence-corrected chi connectivity index (χ4v) is 1.66. The van der Waals surface area contributed by atoms with Gasteiger partial charge in [-0.25, -0.2) is 9.97 Å². The molecule has 0 aromatic carbocycles. The molecule has 2 aromatic rings. The van der Waals surface area contributed by atoms with Crippen molar-refractivity contribution in [2.45, 2.75) is 13.8 Å². The third-order valence-corrected chi connectivity index (χ3v) is 2.66. The molecule has 94 valence electrons. The van der Waals surface area contributed by atoms with Gasteiger partial charge in [0.15, 0.2) is 5.82 Å². The zero-order valence-electron chi connectivity index (χ0n) is 10.4. The number of pyridine rings is 1. The van der Waals surface area contributed by atoms with Crippen molar-refractivity contribution in [2.75, 3.05) is 11.9 Å². The number of nitrogens with zero attached hydrogens (tertiary/aromatic N) is 3. The van der Waals surface area contributed by atoms with Gasteiger partial charge in [0, 0.05) is 30.7 Å². The molecule has 0 atom stereocenters. The highest BCUT2D eigenvalue weighted by molar-refractivity contribution is 6.33. The number of rotatable bonds is 4. The van der Waals surface area contributed by atoms with Gasteiger partial charge in [-0.05, 0) is 18.1 Å². The minimum absolute atomic E-state index is 0.554. The first-order valence-corrected chi connectivity index (χ1v) is 6.21. The molecule has 4 nitrogen and oxygen atoms in total. The first-order valence-electron chi connectivity index (χ1n) is 5.83. The Morgan fingerprint density at radius 3 is 2.83 bits per heavy atom.